The summed E-state index contributed by atoms with van der Waals surface area (Å²) in [5.41, 5.74) is -0.0889. The van der Waals surface area contributed by atoms with Crippen LogP contribution in [0.4, 0.5) is 11.4 Å². The number of non-ortho nitro benzene ring substituents is 1. The Morgan fingerprint density at radius 2 is 1.85 bits per heavy atom. The van der Waals surface area contributed by atoms with Gasteiger partial charge in [-0.2, -0.15) is 0 Å². The van der Waals surface area contributed by atoms with Crippen LogP contribution in [0.5, 0.6) is 0 Å². The van der Waals surface area contributed by atoms with Crippen LogP contribution < -0.4 is 5.32 Å². The van der Waals surface area contributed by atoms with Gasteiger partial charge in [0.15, 0.2) is 0 Å². The zero-order chi connectivity index (χ0) is 18.8. The number of imide groups is 1. The Balaban J connectivity index is 1.61. The van der Waals surface area contributed by atoms with Gasteiger partial charge in [0.2, 0.25) is 17.7 Å². The first-order chi connectivity index (χ1) is 12.4. The second kappa shape index (κ2) is 7.25. The molecule has 9 heteroatoms. The van der Waals surface area contributed by atoms with Crippen molar-refractivity contribution in [3.63, 3.8) is 0 Å². The van der Waals surface area contributed by atoms with Crippen LogP contribution in [0.2, 0.25) is 5.02 Å². The van der Waals surface area contributed by atoms with Crippen molar-refractivity contribution in [1.82, 2.24) is 4.90 Å². The molecule has 26 heavy (non-hydrogen) atoms. The molecule has 136 valence electrons. The summed E-state index contributed by atoms with van der Waals surface area (Å²) in [6.45, 7) is -0.0248. The molecule has 0 bridgehead atoms. The SMILES string of the molecule is O=C(CCN1C(=O)[C@H]2CC=CC[C@H]2C1=O)Nc1cc([N+](=O)[O-])ccc1Cl. The van der Waals surface area contributed by atoms with E-state index in [1.807, 2.05) is 12.2 Å². The van der Waals surface area contributed by atoms with E-state index in [0.29, 0.717) is 12.8 Å². The minimum absolute atomic E-state index is 0.0248. The van der Waals surface area contributed by atoms with E-state index in [1.54, 1.807) is 0 Å². The molecule has 0 spiro atoms. The van der Waals surface area contributed by atoms with Crippen molar-refractivity contribution in [2.24, 2.45) is 11.8 Å². The van der Waals surface area contributed by atoms with E-state index >= 15 is 0 Å². The maximum absolute atomic E-state index is 12.3. The van der Waals surface area contributed by atoms with Crippen molar-refractivity contribution in [3.05, 3.63) is 45.5 Å². The van der Waals surface area contributed by atoms with Crippen LogP contribution >= 0.6 is 11.6 Å². The number of carbonyl (C=O) groups excluding carboxylic acids is 3. The second-order valence-corrected chi connectivity index (χ2v) is 6.61. The Hall–Kier alpha value is -2.74. The summed E-state index contributed by atoms with van der Waals surface area (Å²) in [6.07, 6.45) is 4.77. The lowest BCUT2D eigenvalue weighted by Crippen LogP contribution is -2.34. The van der Waals surface area contributed by atoms with Crippen molar-refractivity contribution >= 4 is 40.7 Å². The first-order valence-electron chi connectivity index (χ1n) is 8.12. The Morgan fingerprint density at radius 1 is 1.23 bits per heavy atom. The van der Waals surface area contributed by atoms with Crippen molar-refractivity contribution in [1.29, 1.82) is 0 Å². The Bertz CT molecular complexity index is 797. The maximum atomic E-state index is 12.3. The van der Waals surface area contributed by atoms with Crippen molar-refractivity contribution in [2.75, 3.05) is 11.9 Å². The molecule has 1 aromatic rings. The van der Waals surface area contributed by atoms with Crippen LogP contribution in [-0.2, 0) is 14.4 Å². The fourth-order valence-electron chi connectivity index (χ4n) is 3.24. The predicted octanol–water partition coefficient (Wildman–Crippen LogP) is 2.53. The molecule has 1 fully saturated rings. The number of rotatable bonds is 5. The minimum Gasteiger partial charge on any atom is -0.325 e. The van der Waals surface area contributed by atoms with E-state index < -0.39 is 10.8 Å². The monoisotopic (exact) mass is 377 g/mol. The fraction of sp³-hybridized carbons (Fsp3) is 0.353. The summed E-state index contributed by atoms with van der Waals surface area (Å²) in [5, 5.41) is 13.5. The molecule has 8 nitrogen and oxygen atoms in total. The highest BCUT2D eigenvalue weighted by molar-refractivity contribution is 6.33. The average Bonchev–Trinajstić information content (AvgIpc) is 2.86. The van der Waals surface area contributed by atoms with Crippen LogP contribution in [0, 0.1) is 22.0 Å². The van der Waals surface area contributed by atoms with Gasteiger partial charge in [0.25, 0.3) is 5.69 Å². The molecule has 0 radical (unpaired) electrons. The number of hydrogen-bond donors (Lipinski definition) is 1. The van der Waals surface area contributed by atoms with E-state index in [0.717, 1.165) is 11.0 Å². The van der Waals surface area contributed by atoms with Gasteiger partial charge in [-0.1, -0.05) is 23.8 Å². The summed E-state index contributed by atoms with van der Waals surface area (Å²) in [6, 6.07) is 3.71. The topological polar surface area (TPSA) is 110 Å². The number of nitro benzene ring substituents is 1. The van der Waals surface area contributed by atoms with Gasteiger partial charge in [-0.05, 0) is 18.9 Å². The summed E-state index contributed by atoms with van der Waals surface area (Å²) in [4.78, 5) is 48.2. The smallest absolute Gasteiger partial charge is 0.271 e. The molecule has 2 atom stereocenters. The van der Waals surface area contributed by atoms with Crippen LogP contribution in [-0.4, -0.2) is 34.1 Å². The molecule has 3 rings (SSSR count). The zero-order valence-corrected chi connectivity index (χ0v) is 14.4. The number of nitro groups is 1. The van der Waals surface area contributed by atoms with Crippen molar-refractivity contribution in [3.8, 4) is 0 Å². The molecular formula is C17H16ClN3O5. The van der Waals surface area contributed by atoms with Gasteiger partial charge in [0, 0.05) is 25.1 Å². The Labute approximate surface area is 153 Å². The molecule has 3 amide bonds. The number of hydrogen-bond acceptors (Lipinski definition) is 5. The molecule has 1 heterocycles. The summed E-state index contributed by atoms with van der Waals surface area (Å²) < 4.78 is 0. The van der Waals surface area contributed by atoms with Gasteiger partial charge in [0.1, 0.15) is 0 Å². The summed E-state index contributed by atoms with van der Waals surface area (Å²) in [5.74, 6) is -1.64. The number of fused-ring (bicyclic) bond motifs is 1. The summed E-state index contributed by atoms with van der Waals surface area (Å²) >= 11 is 5.94. The highest BCUT2D eigenvalue weighted by Gasteiger charge is 2.46. The standard InChI is InChI=1S/C17H16ClN3O5/c18-13-6-5-10(21(25)26)9-14(13)19-15(22)7-8-20-16(23)11-3-1-2-4-12(11)17(20)24/h1-2,5-6,9,11-12H,3-4,7-8H2,(H,19,22)/t11-,12+. The highest BCUT2D eigenvalue weighted by Crippen LogP contribution is 2.35. The quantitative estimate of drug-likeness (QED) is 0.367. The highest BCUT2D eigenvalue weighted by atomic mass is 35.5. The number of carbonyl (C=O) groups is 3. The lowest BCUT2D eigenvalue weighted by Gasteiger charge is -2.14. The molecule has 0 aromatic heterocycles. The second-order valence-electron chi connectivity index (χ2n) is 6.20. The number of nitrogens with one attached hydrogen (secondary N) is 1. The first kappa shape index (κ1) is 18.1. The van der Waals surface area contributed by atoms with Crippen LogP contribution in [0.15, 0.2) is 30.4 Å². The third-order valence-electron chi connectivity index (χ3n) is 4.60. The third-order valence-corrected chi connectivity index (χ3v) is 4.93. The molecule has 1 saturated heterocycles. The van der Waals surface area contributed by atoms with Gasteiger partial charge < -0.3 is 5.32 Å². The van der Waals surface area contributed by atoms with E-state index in [2.05, 4.69) is 5.32 Å². The molecule has 0 unspecified atom stereocenters. The predicted molar refractivity (Wildman–Crippen MR) is 93.4 cm³/mol. The van der Waals surface area contributed by atoms with Crippen LogP contribution in [0.3, 0.4) is 0 Å². The number of benzene rings is 1. The molecule has 1 aliphatic heterocycles. The molecule has 0 saturated carbocycles. The number of halogens is 1. The van der Waals surface area contributed by atoms with Crippen molar-refractivity contribution < 1.29 is 19.3 Å². The van der Waals surface area contributed by atoms with Gasteiger partial charge in [-0.25, -0.2) is 0 Å². The van der Waals surface area contributed by atoms with Crippen LogP contribution in [0.1, 0.15) is 19.3 Å². The lowest BCUT2D eigenvalue weighted by molar-refractivity contribution is -0.384. The van der Waals surface area contributed by atoms with Crippen molar-refractivity contribution in [2.45, 2.75) is 19.3 Å². The molecule has 1 N–H and O–H groups in total. The number of anilines is 1. The normalized spacial score (nSPS) is 21.7. The Morgan fingerprint density at radius 3 is 2.42 bits per heavy atom. The van der Waals surface area contributed by atoms with E-state index in [1.165, 1.54) is 12.1 Å². The van der Waals surface area contributed by atoms with Gasteiger partial charge in [0.05, 0.1) is 27.5 Å². The molecule has 2 aliphatic rings. The molecule has 1 aromatic carbocycles. The number of likely N-dealkylation sites (tertiary alicyclic amines) is 1. The fourth-order valence-corrected chi connectivity index (χ4v) is 3.40. The van der Waals surface area contributed by atoms with Gasteiger partial charge in [-0.15, -0.1) is 0 Å². The third kappa shape index (κ3) is 3.45. The van der Waals surface area contributed by atoms with Gasteiger partial charge in [-0.3, -0.25) is 29.4 Å². The zero-order valence-electron chi connectivity index (χ0n) is 13.7. The molecular weight excluding hydrogens is 362 g/mol. The maximum Gasteiger partial charge on any atom is 0.271 e. The Kier molecular flexibility index (Phi) is 5.03. The number of amides is 3. The van der Waals surface area contributed by atoms with Crippen LogP contribution in [0.25, 0.3) is 0 Å². The number of allylic oxidation sites excluding steroid dienone is 2. The summed E-state index contributed by atoms with van der Waals surface area (Å²) in [7, 11) is 0. The van der Waals surface area contributed by atoms with E-state index in [-0.39, 0.29) is 53.0 Å². The average molecular weight is 378 g/mol. The largest absolute Gasteiger partial charge is 0.325 e. The van der Waals surface area contributed by atoms with E-state index in [9.17, 15) is 24.5 Å². The lowest BCUT2D eigenvalue weighted by atomic mass is 9.85. The number of nitrogens with zero attached hydrogens (tertiary/aromatic N) is 2. The minimum atomic E-state index is -0.594. The first-order valence-corrected chi connectivity index (χ1v) is 8.50. The van der Waals surface area contributed by atoms with E-state index in [4.69, 9.17) is 11.6 Å². The molecule has 1 aliphatic carbocycles. The van der Waals surface area contributed by atoms with Gasteiger partial charge >= 0.3 is 0 Å².